The number of carbonyl (C=O) groups excluding carboxylic acids is 1. The first-order valence-corrected chi connectivity index (χ1v) is 5.81. The molecule has 0 aliphatic rings. The molecule has 0 aliphatic carbocycles. The van der Waals surface area contributed by atoms with E-state index < -0.39 is 0 Å². The first-order chi connectivity index (χ1) is 7.54. The summed E-state index contributed by atoms with van der Waals surface area (Å²) in [7, 11) is 0. The second-order valence-electron chi connectivity index (χ2n) is 3.62. The third-order valence-corrected chi connectivity index (χ3v) is 2.10. The summed E-state index contributed by atoms with van der Waals surface area (Å²) in [6, 6.07) is 0. The first kappa shape index (κ1) is 14.9. The minimum Gasteiger partial charge on any atom is -0.462 e. The van der Waals surface area contributed by atoms with Crippen molar-refractivity contribution in [3.8, 4) is 0 Å². The summed E-state index contributed by atoms with van der Waals surface area (Å²) in [6.07, 6.45) is 4.00. The number of carbonyl (C=O) groups is 1. The number of nitrogens with two attached hydrogens (primary N) is 1. The molecule has 0 aromatic carbocycles. The number of nitrogens with one attached hydrogen (secondary N) is 1. The quantitative estimate of drug-likeness (QED) is 0.293. The lowest BCUT2D eigenvalue weighted by Gasteiger charge is -2.05. The fourth-order valence-electron chi connectivity index (χ4n) is 1.08. The van der Waals surface area contributed by atoms with E-state index in [0.29, 0.717) is 17.3 Å². The van der Waals surface area contributed by atoms with Crippen LogP contribution in [0.1, 0.15) is 32.6 Å². The predicted octanol–water partition coefficient (Wildman–Crippen LogP) is 1.50. The minimum absolute atomic E-state index is 0.310. The third kappa shape index (κ3) is 9.45. The van der Waals surface area contributed by atoms with Gasteiger partial charge in [0.1, 0.15) is 0 Å². The van der Waals surface area contributed by atoms with Gasteiger partial charge in [0, 0.05) is 12.1 Å². The number of unbranched alkanes of at least 4 members (excludes halogenated alkanes) is 3. The molecule has 0 bridgehead atoms. The fourth-order valence-corrected chi connectivity index (χ4v) is 1.18. The Bertz CT molecular complexity index is 254. The number of hydrogen-bond donors (Lipinski definition) is 2. The van der Waals surface area contributed by atoms with E-state index in [-0.39, 0.29) is 5.97 Å². The molecule has 3 N–H and O–H groups in total. The van der Waals surface area contributed by atoms with Crippen LogP contribution in [-0.2, 0) is 9.53 Å². The standard InChI is InChI=1S/C11H20N2O2S/c1-9(2)10(14)15-8-6-4-3-5-7-13-11(12)16/h1,3-8H2,2H3,(H3,12,13,16). The molecule has 0 saturated carbocycles. The van der Waals surface area contributed by atoms with Gasteiger partial charge in [-0.25, -0.2) is 4.79 Å². The molecule has 0 aliphatic heterocycles. The van der Waals surface area contributed by atoms with Crippen LogP contribution in [0.15, 0.2) is 12.2 Å². The highest BCUT2D eigenvalue weighted by Crippen LogP contribution is 2.01. The van der Waals surface area contributed by atoms with Crippen molar-refractivity contribution in [2.75, 3.05) is 13.2 Å². The Morgan fingerprint density at radius 3 is 2.56 bits per heavy atom. The zero-order valence-electron chi connectivity index (χ0n) is 9.75. The van der Waals surface area contributed by atoms with E-state index in [1.54, 1.807) is 6.92 Å². The van der Waals surface area contributed by atoms with Crippen LogP contribution in [0.4, 0.5) is 0 Å². The van der Waals surface area contributed by atoms with Crippen molar-refractivity contribution < 1.29 is 9.53 Å². The summed E-state index contributed by atoms with van der Waals surface area (Å²) in [6.45, 7) is 6.42. The Morgan fingerprint density at radius 2 is 2.00 bits per heavy atom. The summed E-state index contributed by atoms with van der Waals surface area (Å²) in [5, 5.41) is 3.22. The number of esters is 1. The van der Waals surface area contributed by atoms with Gasteiger partial charge in [-0.3, -0.25) is 0 Å². The molecule has 0 unspecified atom stereocenters. The molecule has 0 saturated heterocycles. The normalized spacial score (nSPS) is 9.56. The average molecular weight is 244 g/mol. The maximum atomic E-state index is 11.0. The van der Waals surface area contributed by atoms with Crippen molar-refractivity contribution >= 4 is 23.3 Å². The van der Waals surface area contributed by atoms with Crippen LogP contribution in [0.2, 0.25) is 0 Å². The van der Waals surface area contributed by atoms with Crippen molar-refractivity contribution in [3.05, 3.63) is 12.2 Å². The summed E-state index contributed by atoms with van der Waals surface area (Å²) in [5.41, 5.74) is 5.72. The molecule has 0 heterocycles. The van der Waals surface area contributed by atoms with Crippen LogP contribution in [0.3, 0.4) is 0 Å². The molecular weight excluding hydrogens is 224 g/mol. The third-order valence-electron chi connectivity index (χ3n) is 1.95. The highest BCUT2D eigenvalue weighted by molar-refractivity contribution is 7.80. The maximum Gasteiger partial charge on any atom is 0.333 e. The van der Waals surface area contributed by atoms with E-state index in [4.69, 9.17) is 10.5 Å². The largest absolute Gasteiger partial charge is 0.462 e. The molecule has 0 aromatic heterocycles. The summed E-state index contributed by atoms with van der Waals surface area (Å²) >= 11 is 4.67. The maximum absolute atomic E-state index is 11.0. The Balaban J connectivity index is 3.19. The van der Waals surface area contributed by atoms with Gasteiger partial charge in [-0.1, -0.05) is 13.0 Å². The smallest absolute Gasteiger partial charge is 0.333 e. The van der Waals surface area contributed by atoms with E-state index in [2.05, 4.69) is 24.1 Å². The monoisotopic (exact) mass is 244 g/mol. The Morgan fingerprint density at radius 1 is 1.38 bits per heavy atom. The summed E-state index contributed by atoms with van der Waals surface area (Å²) < 4.78 is 4.95. The van der Waals surface area contributed by atoms with E-state index in [1.165, 1.54) is 0 Å². The zero-order chi connectivity index (χ0) is 12.4. The van der Waals surface area contributed by atoms with E-state index >= 15 is 0 Å². The van der Waals surface area contributed by atoms with Gasteiger partial charge in [-0.2, -0.15) is 0 Å². The van der Waals surface area contributed by atoms with Crippen molar-refractivity contribution in [1.29, 1.82) is 0 Å². The second-order valence-corrected chi connectivity index (χ2v) is 4.06. The Labute approximate surface area is 102 Å². The molecule has 0 spiro atoms. The molecule has 0 aromatic rings. The van der Waals surface area contributed by atoms with Crippen molar-refractivity contribution in [1.82, 2.24) is 5.32 Å². The van der Waals surface area contributed by atoms with Gasteiger partial charge in [0.25, 0.3) is 0 Å². The van der Waals surface area contributed by atoms with E-state index in [0.717, 1.165) is 32.2 Å². The molecule has 0 rings (SSSR count). The lowest BCUT2D eigenvalue weighted by Crippen LogP contribution is -2.29. The van der Waals surface area contributed by atoms with Crippen LogP contribution in [0.25, 0.3) is 0 Å². The lowest BCUT2D eigenvalue weighted by atomic mass is 10.2. The number of rotatable bonds is 8. The van der Waals surface area contributed by atoms with E-state index in [9.17, 15) is 4.79 Å². The molecule has 0 radical (unpaired) electrons. The van der Waals surface area contributed by atoms with Crippen LogP contribution < -0.4 is 11.1 Å². The molecule has 0 amide bonds. The first-order valence-electron chi connectivity index (χ1n) is 5.40. The van der Waals surface area contributed by atoms with Crippen molar-refractivity contribution in [2.24, 2.45) is 5.73 Å². The van der Waals surface area contributed by atoms with Gasteiger partial charge in [-0.15, -0.1) is 0 Å². The molecule has 0 atom stereocenters. The second kappa shape index (κ2) is 9.15. The van der Waals surface area contributed by atoms with Crippen LogP contribution in [0.5, 0.6) is 0 Å². The molecule has 0 fully saturated rings. The SMILES string of the molecule is C=C(C)C(=O)OCCCCCCNC(N)=S. The van der Waals surface area contributed by atoms with Crippen LogP contribution >= 0.6 is 12.2 Å². The topological polar surface area (TPSA) is 64.3 Å². The number of thiocarbonyl (C=S) groups is 1. The summed E-state index contributed by atoms with van der Waals surface area (Å²) in [4.78, 5) is 11.0. The van der Waals surface area contributed by atoms with Gasteiger partial charge in [-0.05, 0) is 38.4 Å². The Hall–Kier alpha value is -1.10. The average Bonchev–Trinajstić information content (AvgIpc) is 2.21. The molecular formula is C11H20N2O2S. The van der Waals surface area contributed by atoms with Crippen molar-refractivity contribution in [3.63, 3.8) is 0 Å². The molecule has 5 heteroatoms. The molecule has 92 valence electrons. The van der Waals surface area contributed by atoms with Crippen LogP contribution in [0, 0.1) is 0 Å². The Kier molecular flexibility index (Phi) is 8.52. The number of ether oxygens (including phenoxy) is 1. The highest BCUT2D eigenvalue weighted by atomic mass is 32.1. The highest BCUT2D eigenvalue weighted by Gasteiger charge is 2.01. The summed E-state index contributed by atoms with van der Waals surface area (Å²) in [5.74, 6) is -0.310. The zero-order valence-corrected chi connectivity index (χ0v) is 10.6. The molecule has 4 nitrogen and oxygen atoms in total. The van der Waals surface area contributed by atoms with Crippen molar-refractivity contribution in [2.45, 2.75) is 32.6 Å². The van der Waals surface area contributed by atoms with Gasteiger partial charge < -0.3 is 15.8 Å². The van der Waals surface area contributed by atoms with E-state index in [1.807, 2.05) is 0 Å². The van der Waals surface area contributed by atoms with Gasteiger partial charge in [0.05, 0.1) is 6.61 Å². The minimum atomic E-state index is -0.310. The molecule has 16 heavy (non-hydrogen) atoms. The van der Waals surface area contributed by atoms with Gasteiger partial charge >= 0.3 is 5.97 Å². The van der Waals surface area contributed by atoms with Crippen LogP contribution in [-0.4, -0.2) is 24.2 Å². The number of hydrogen-bond acceptors (Lipinski definition) is 3. The van der Waals surface area contributed by atoms with Gasteiger partial charge in [0.2, 0.25) is 0 Å². The lowest BCUT2D eigenvalue weighted by molar-refractivity contribution is -0.139. The van der Waals surface area contributed by atoms with Gasteiger partial charge in [0.15, 0.2) is 5.11 Å². The predicted molar refractivity (Wildman–Crippen MR) is 69.0 cm³/mol. The fraction of sp³-hybridized carbons (Fsp3) is 0.636.